The van der Waals surface area contributed by atoms with Crippen LogP contribution in [0.4, 0.5) is 11.4 Å². The van der Waals surface area contributed by atoms with E-state index in [2.05, 4.69) is 5.32 Å². The van der Waals surface area contributed by atoms with Crippen molar-refractivity contribution in [2.24, 2.45) is 0 Å². The third-order valence-electron chi connectivity index (χ3n) is 3.08. The van der Waals surface area contributed by atoms with Gasteiger partial charge in [-0.2, -0.15) is 0 Å². The molecule has 5 nitrogen and oxygen atoms in total. The number of methoxy groups -OCH3 is 1. The van der Waals surface area contributed by atoms with E-state index in [9.17, 15) is 4.79 Å². The molecule has 0 radical (unpaired) electrons. The van der Waals surface area contributed by atoms with Crippen molar-refractivity contribution >= 4 is 40.5 Å². The molecule has 7 heteroatoms. The minimum atomic E-state index is -0.768. The van der Waals surface area contributed by atoms with Gasteiger partial charge in [0, 0.05) is 11.1 Å². The lowest BCUT2D eigenvalue weighted by molar-refractivity contribution is -0.122. The van der Waals surface area contributed by atoms with Crippen LogP contribution < -0.4 is 20.5 Å². The van der Waals surface area contributed by atoms with Crippen LogP contribution in [-0.4, -0.2) is 19.1 Å². The zero-order valence-corrected chi connectivity index (χ0v) is 14.1. The van der Waals surface area contributed by atoms with Gasteiger partial charge in [-0.05, 0) is 37.3 Å². The first-order chi connectivity index (χ1) is 10.9. The molecule has 2 rings (SSSR count). The lowest BCUT2D eigenvalue weighted by Gasteiger charge is -2.16. The van der Waals surface area contributed by atoms with Crippen molar-refractivity contribution in [2.75, 3.05) is 18.2 Å². The largest absolute Gasteiger partial charge is 0.497 e. The van der Waals surface area contributed by atoms with Gasteiger partial charge in [-0.25, -0.2) is 0 Å². The van der Waals surface area contributed by atoms with Crippen LogP contribution in [0, 0.1) is 0 Å². The highest BCUT2D eigenvalue weighted by atomic mass is 35.5. The van der Waals surface area contributed by atoms with Crippen molar-refractivity contribution in [3.8, 4) is 11.5 Å². The molecule has 0 aliphatic rings. The lowest BCUT2D eigenvalue weighted by Crippen LogP contribution is -2.30. The average Bonchev–Trinajstić information content (AvgIpc) is 2.51. The Morgan fingerprint density at radius 3 is 2.57 bits per heavy atom. The van der Waals surface area contributed by atoms with Gasteiger partial charge in [0.15, 0.2) is 6.10 Å². The molecular formula is C16H16Cl2N2O3. The van der Waals surface area contributed by atoms with E-state index in [1.807, 2.05) is 0 Å². The summed E-state index contributed by atoms with van der Waals surface area (Å²) in [5.41, 5.74) is 6.75. The van der Waals surface area contributed by atoms with E-state index in [1.165, 1.54) is 0 Å². The number of hydrogen-bond acceptors (Lipinski definition) is 4. The highest BCUT2D eigenvalue weighted by Crippen LogP contribution is 2.29. The fraction of sp³-hybridized carbons (Fsp3) is 0.188. The molecule has 1 amide bonds. The smallest absolute Gasteiger partial charge is 0.265 e. The Hall–Kier alpha value is -2.11. The molecule has 1 atom stereocenters. The first-order valence-electron chi connectivity index (χ1n) is 6.77. The number of benzene rings is 2. The average molecular weight is 355 g/mol. The van der Waals surface area contributed by atoms with Crippen molar-refractivity contribution in [3.63, 3.8) is 0 Å². The Morgan fingerprint density at radius 2 is 1.96 bits per heavy atom. The lowest BCUT2D eigenvalue weighted by atomic mass is 10.2. The molecule has 2 aromatic carbocycles. The minimum Gasteiger partial charge on any atom is -0.497 e. The first-order valence-corrected chi connectivity index (χ1v) is 7.52. The van der Waals surface area contributed by atoms with E-state index >= 15 is 0 Å². The van der Waals surface area contributed by atoms with Crippen molar-refractivity contribution in [1.82, 2.24) is 0 Å². The number of nitrogen functional groups attached to an aromatic ring is 1. The van der Waals surface area contributed by atoms with Crippen LogP contribution >= 0.6 is 23.2 Å². The second-order valence-electron chi connectivity index (χ2n) is 4.78. The van der Waals surface area contributed by atoms with Crippen molar-refractivity contribution in [3.05, 3.63) is 46.4 Å². The standard InChI is InChI=1S/C16H16Cl2N2O3/c1-9(23-15-6-3-10(17)7-12(15)18)16(21)20-14-5-4-11(22-2)8-13(14)19/h3-9H,19H2,1-2H3,(H,20,21). The topological polar surface area (TPSA) is 73.6 Å². The summed E-state index contributed by atoms with van der Waals surface area (Å²) >= 11 is 11.8. The molecule has 122 valence electrons. The molecule has 23 heavy (non-hydrogen) atoms. The fourth-order valence-electron chi connectivity index (χ4n) is 1.83. The van der Waals surface area contributed by atoms with Crippen LogP contribution in [0.3, 0.4) is 0 Å². The van der Waals surface area contributed by atoms with E-state index in [-0.39, 0.29) is 5.91 Å². The number of carbonyl (C=O) groups excluding carboxylic acids is 1. The normalized spacial score (nSPS) is 11.7. The molecule has 0 aliphatic heterocycles. The predicted octanol–water partition coefficient (Wildman–Crippen LogP) is 3.99. The molecule has 2 aromatic rings. The number of carbonyl (C=O) groups is 1. The molecule has 1 unspecified atom stereocenters. The van der Waals surface area contributed by atoms with E-state index in [1.54, 1.807) is 50.4 Å². The molecule has 0 heterocycles. The van der Waals surface area contributed by atoms with Crippen LogP contribution in [0.1, 0.15) is 6.92 Å². The van der Waals surface area contributed by atoms with Gasteiger partial charge < -0.3 is 20.5 Å². The van der Waals surface area contributed by atoms with E-state index in [4.69, 9.17) is 38.4 Å². The number of nitrogens with one attached hydrogen (secondary N) is 1. The number of ether oxygens (including phenoxy) is 2. The quantitative estimate of drug-likeness (QED) is 0.796. The van der Waals surface area contributed by atoms with Crippen molar-refractivity contribution < 1.29 is 14.3 Å². The van der Waals surface area contributed by atoms with Crippen LogP contribution in [0.15, 0.2) is 36.4 Å². The summed E-state index contributed by atoms with van der Waals surface area (Å²) in [6, 6.07) is 9.77. The third kappa shape index (κ3) is 4.43. The van der Waals surface area contributed by atoms with Crippen molar-refractivity contribution in [2.45, 2.75) is 13.0 Å². The van der Waals surface area contributed by atoms with Crippen LogP contribution in [0.2, 0.25) is 10.0 Å². The van der Waals surface area contributed by atoms with Crippen LogP contribution in [0.5, 0.6) is 11.5 Å². The zero-order valence-electron chi connectivity index (χ0n) is 12.6. The zero-order chi connectivity index (χ0) is 17.0. The highest BCUT2D eigenvalue weighted by Gasteiger charge is 2.17. The maximum absolute atomic E-state index is 12.2. The summed E-state index contributed by atoms with van der Waals surface area (Å²) in [6.45, 7) is 1.61. The molecule has 0 fully saturated rings. The molecular weight excluding hydrogens is 339 g/mol. The van der Waals surface area contributed by atoms with Gasteiger partial charge in [0.1, 0.15) is 11.5 Å². The molecule has 3 N–H and O–H groups in total. The monoisotopic (exact) mass is 354 g/mol. The fourth-order valence-corrected chi connectivity index (χ4v) is 2.28. The van der Waals surface area contributed by atoms with E-state index < -0.39 is 6.10 Å². The minimum absolute atomic E-state index is 0.334. The predicted molar refractivity (Wildman–Crippen MR) is 92.6 cm³/mol. The Kier molecular flexibility index (Phi) is 5.58. The van der Waals surface area contributed by atoms with Gasteiger partial charge in [0.05, 0.1) is 23.5 Å². The molecule has 0 aliphatic carbocycles. The Bertz CT molecular complexity index is 722. The van der Waals surface area contributed by atoms with Gasteiger partial charge >= 0.3 is 0 Å². The van der Waals surface area contributed by atoms with Gasteiger partial charge in [-0.15, -0.1) is 0 Å². The van der Waals surface area contributed by atoms with Gasteiger partial charge in [-0.3, -0.25) is 4.79 Å². The number of anilines is 2. The second-order valence-corrected chi connectivity index (χ2v) is 5.62. The number of halogens is 2. The van der Waals surface area contributed by atoms with Crippen molar-refractivity contribution in [1.29, 1.82) is 0 Å². The summed E-state index contributed by atoms with van der Waals surface area (Å²) < 4.78 is 10.6. The van der Waals surface area contributed by atoms with Crippen LogP contribution in [0.25, 0.3) is 0 Å². The summed E-state index contributed by atoms with van der Waals surface area (Å²) in [5, 5.41) is 3.52. The number of amides is 1. The Morgan fingerprint density at radius 1 is 1.22 bits per heavy atom. The highest BCUT2D eigenvalue weighted by molar-refractivity contribution is 6.35. The maximum atomic E-state index is 12.2. The number of nitrogens with two attached hydrogens (primary N) is 1. The van der Waals surface area contributed by atoms with Gasteiger partial charge in [-0.1, -0.05) is 23.2 Å². The Balaban J connectivity index is 2.05. The summed E-state index contributed by atoms with van der Waals surface area (Å²) in [7, 11) is 1.54. The number of hydrogen-bond donors (Lipinski definition) is 2. The molecule has 0 spiro atoms. The van der Waals surface area contributed by atoms with E-state index in [0.717, 1.165) is 0 Å². The molecule has 0 aromatic heterocycles. The van der Waals surface area contributed by atoms with E-state index in [0.29, 0.717) is 32.9 Å². The molecule has 0 saturated carbocycles. The molecule has 0 bridgehead atoms. The SMILES string of the molecule is COc1ccc(NC(=O)C(C)Oc2ccc(Cl)cc2Cl)c(N)c1. The summed E-state index contributed by atoms with van der Waals surface area (Å²) in [6.07, 6.45) is -0.768. The maximum Gasteiger partial charge on any atom is 0.265 e. The Labute approximate surface area is 144 Å². The second kappa shape index (κ2) is 7.44. The first kappa shape index (κ1) is 17.2. The number of rotatable bonds is 5. The molecule has 0 saturated heterocycles. The third-order valence-corrected chi connectivity index (χ3v) is 3.61. The summed E-state index contributed by atoms with van der Waals surface area (Å²) in [5.74, 6) is 0.632. The van der Waals surface area contributed by atoms with Gasteiger partial charge in [0.2, 0.25) is 0 Å². The summed E-state index contributed by atoms with van der Waals surface area (Å²) in [4.78, 5) is 12.2. The van der Waals surface area contributed by atoms with Gasteiger partial charge in [0.25, 0.3) is 5.91 Å². The van der Waals surface area contributed by atoms with Crippen LogP contribution in [-0.2, 0) is 4.79 Å².